The molecule has 1 atom stereocenters. The summed E-state index contributed by atoms with van der Waals surface area (Å²) >= 11 is 3.45. The van der Waals surface area contributed by atoms with E-state index >= 15 is 0 Å². The Hall–Kier alpha value is -1.24. The molecule has 2 rings (SSSR count). The molecule has 5 nitrogen and oxygen atoms in total. The van der Waals surface area contributed by atoms with Crippen molar-refractivity contribution in [1.82, 2.24) is 10.1 Å². The summed E-state index contributed by atoms with van der Waals surface area (Å²) in [4.78, 5) is 4.09. The van der Waals surface area contributed by atoms with Crippen molar-refractivity contribution in [2.75, 3.05) is 6.54 Å². The topological polar surface area (TPSA) is 85.2 Å². The maximum atomic E-state index is 9.43. The Balaban J connectivity index is 2.14. The normalized spacial score (nSPS) is 12.6. The van der Waals surface area contributed by atoms with Crippen LogP contribution in [-0.4, -0.2) is 21.8 Å². The van der Waals surface area contributed by atoms with E-state index in [1.165, 1.54) is 0 Å². The molecule has 17 heavy (non-hydrogen) atoms. The van der Waals surface area contributed by atoms with Gasteiger partial charge in [0.1, 0.15) is 6.10 Å². The van der Waals surface area contributed by atoms with Crippen molar-refractivity contribution in [1.29, 1.82) is 0 Å². The van der Waals surface area contributed by atoms with Crippen molar-refractivity contribution in [3.8, 4) is 0 Å². The molecule has 0 amide bonds. The van der Waals surface area contributed by atoms with Gasteiger partial charge in [0.05, 0.1) is 0 Å². The van der Waals surface area contributed by atoms with E-state index in [0.717, 1.165) is 10.0 Å². The van der Waals surface area contributed by atoms with Gasteiger partial charge < -0.3 is 15.4 Å². The molecular weight excluding hydrogens is 286 g/mol. The molecule has 1 aromatic carbocycles. The van der Waals surface area contributed by atoms with Crippen molar-refractivity contribution in [2.45, 2.75) is 12.5 Å². The number of hydrogen-bond acceptors (Lipinski definition) is 5. The fourth-order valence-corrected chi connectivity index (χ4v) is 1.81. The van der Waals surface area contributed by atoms with E-state index in [2.05, 4.69) is 26.1 Å². The second kappa shape index (κ2) is 5.39. The zero-order valence-corrected chi connectivity index (χ0v) is 10.6. The minimum absolute atomic E-state index is 0.0661. The lowest BCUT2D eigenvalue weighted by Gasteiger charge is -2.00. The van der Waals surface area contributed by atoms with Crippen molar-refractivity contribution < 1.29 is 9.63 Å². The largest absolute Gasteiger partial charge is 0.382 e. The SMILES string of the molecule is NCC(O)c1nc(Cc2ccccc2Br)no1. The molecular formula is C11H12BrN3O2. The van der Waals surface area contributed by atoms with Crippen molar-refractivity contribution in [3.05, 3.63) is 46.0 Å². The lowest BCUT2D eigenvalue weighted by atomic mass is 10.1. The van der Waals surface area contributed by atoms with Gasteiger partial charge in [-0.3, -0.25) is 0 Å². The predicted octanol–water partition coefficient (Wildman–Crippen LogP) is 1.41. The molecule has 0 aliphatic rings. The first-order valence-corrected chi connectivity index (χ1v) is 5.94. The van der Waals surface area contributed by atoms with Crippen LogP contribution < -0.4 is 5.73 Å². The van der Waals surface area contributed by atoms with Crippen LogP contribution in [0, 0.1) is 0 Å². The lowest BCUT2D eigenvalue weighted by Crippen LogP contribution is -2.11. The van der Waals surface area contributed by atoms with Gasteiger partial charge in [0.25, 0.3) is 5.89 Å². The third-order valence-electron chi connectivity index (χ3n) is 2.30. The minimum Gasteiger partial charge on any atom is -0.382 e. The van der Waals surface area contributed by atoms with Crippen LogP contribution in [0.5, 0.6) is 0 Å². The Kier molecular flexibility index (Phi) is 3.88. The van der Waals surface area contributed by atoms with E-state index in [9.17, 15) is 5.11 Å². The molecule has 1 heterocycles. The summed E-state index contributed by atoms with van der Waals surface area (Å²) < 4.78 is 5.91. The number of nitrogens with zero attached hydrogens (tertiary/aromatic N) is 2. The highest BCUT2D eigenvalue weighted by Crippen LogP contribution is 2.19. The number of nitrogens with two attached hydrogens (primary N) is 1. The Morgan fingerprint density at radius 3 is 2.88 bits per heavy atom. The molecule has 0 saturated carbocycles. The quantitative estimate of drug-likeness (QED) is 0.891. The number of rotatable bonds is 4. The number of halogens is 1. The second-order valence-electron chi connectivity index (χ2n) is 3.57. The van der Waals surface area contributed by atoms with Crippen LogP contribution >= 0.6 is 15.9 Å². The summed E-state index contributed by atoms with van der Waals surface area (Å²) in [5.74, 6) is 0.689. The van der Waals surface area contributed by atoms with E-state index in [4.69, 9.17) is 10.3 Å². The first-order valence-electron chi connectivity index (χ1n) is 5.14. The average molecular weight is 298 g/mol. The first kappa shape index (κ1) is 12.2. The fourth-order valence-electron chi connectivity index (χ4n) is 1.39. The molecule has 0 aliphatic heterocycles. The Bertz CT molecular complexity index is 501. The number of hydrogen-bond donors (Lipinski definition) is 2. The van der Waals surface area contributed by atoms with Gasteiger partial charge in [-0.15, -0.1) is 0 Å². The van der Waals surface area contributed by atoms with E-state index in [1.54, 1.807) is 0 Å². The minimum atomic E-state index is -0.893. The van der Waals surface area contributed by atoms with Gasteiger partial charge in [-0.05, 0) is 11.6 Å². The van der Waals surface area contributed by atoms with Gasteiger partial charge in [-0.2, -0.15) is 4.98 Å². The summed E-state index contributed by atoms with van der Waals surface area (Å²) in [6.07, 6.45) is -0.349. The molecule has 0 spiro atoms. The molecule has 6 heteroatoms. The zero-order chi connectivity index (χ0) is 12.3. The van der Waals surface area contributed by atoms with E-state index in [1.807, 2.05) is 24.3 Å². The van der Waals surface area contributed by atoms with Gasteiger partial charge in [0.2, 0.25) is 0 Å². The van der Waals surface area contributed by atoms with Crippen molar-refractivity contribution in [2.24, 2.45) is 5.73 Å². The number of aromatic nitrogens is 2. The van der Waals surface area contributed by atoms with E-state index in [-0.39, 0.29) is 12.4 Å². The van der Waals surface area contributed by atoms with Crippen LogP contribution in [0.3, 0.4) is 0 Å². The van der Waals surface area contributed by atoms with Gasteiger partial charge in [0, 0.05) is 17.4 Å². The van der Waals surface area contributed by atoms with Gasteiger partial charge in [-0.1, -0.05) is 39.3 Å². The van der Waals surface area contributed by atoms with Gasteiger partial charge in [-0.25, -0.2) is 0 Å². The number of benzene rings is 1. The maximum absolute atomic E-state index is 9.43. The molecule has 1 aromatic heterocycles. The van der Waals surface area contributed by atoms with Crippen LogP contribution in [-0.2, 0) is 6.42 Å². The van der Waals surface area contributed by atoms with Crippen molar-refractivity contribution in [3.63, 3.8) is 0 Å². The predicted molar refractivity (Wildman–Crippen MR) is 65.3 cm³/mol. The van der Waals surface area contributed by atoms with Crippen LogP contribution in [0.2, 0.25) is 0 Å². The molecule has 90 valence electrons. The molecule has 1 unspecified atom stereocenters. The lowest BCUT2D eigenvalue weighted by molar-refractivity contribution is 0.141. The van der Waals surface area contributed by atoms with E-state index < -0.39 is 6.10 Å². The van der Waals surface area contributed by atoms with Crippen LogP contribution in [0.1, 0.15) is 23.4 Å². The van der Waals surface area contributed by atoms with Gasteiger partial charge >= 0.3 is 0 Å². The summed E-state index contributed by atoms with van der Waals surface area (Å²) in [7, 11) is 0. The van der Waals surface area contributed by atoms with Crippen molar-refractivity contribution >= 4 is 15.9 Å². The summed E-state index contributed by atoms with van der Waals surface area (Å²) in [6, 6.07) is 7.80. The number of aliphatic hydroxyl groups is 1. The molecule has 0 aliphatic carbocycles. The maximum Gasteiger partial charge on any atom is 0.256 e. The molecule has 0 bridgehead atoms. The highest BCUT2D eigenvalue weighted by molar-refractivity contribution is 9.10. The Labute approximate surface area is 107 Å². The second-order valence-corrected chi connectivity index (χ2v) is 4.42. The first-order chi connectivity index (χ1) is 8.20. The van der Waals surface area contributed by atoms with Crippen LogP contribution in [0.25, 0.3) is 0 Å². The average Bonchev–Trinajstić information content (AvgIpc) is 2.80. The smallest absolute Gasteiger partial charge is 0.256 e. The Morgan fingerprint density at radius 2 is 2.18 bits per heavy atom. The standard InChI is InChI=1S/C11H12BrN3O2/c12-8-4-2-1-3-7(8)5-10-14-11(17-15-10)9(16)6-13/h1-4,9,16H,5-6,13H2. The third kappa shape index (κ3) is 2.91. The van der Waals surface area contributed by atoms with Gasteiger partial charge in [0.15, 0.2) is 5.82 Å². The fraction of sp³-hybridized carbons (Fsp3) is 0.273. The zero-order valence-electron chi connectivity index (χ0n) is 9.01. The van der Waals surface area contributed by atoms with E-state index in [0.29, 0.717) is 12.2 Å². The molecule has 0 saturated heterocycles. The summed E-state index contributed by atoms with van der Waals surface area (Å²) in [5.41, 5.74) is 6.36. The highest BCUT2D eigenvalue weighted by atomic mass is 79.9. The highest BCUT2D eigenvalue weighted by Gasteiger charge is 2.14. The molecule has 0 radical (unpaired) electrons. The monoisotopic (exact) mass is 297 g/mol. The molecule has 0 fully saturated rings. The molecule has 3 N–H and O–H groups in total. The van der Waals surface area contributed by atoms with Crippen LogP contribution in [0.15, 0.2) is 33.3 Å². The summed E-state index contributed by atoms with van der Waals surface area (Å²) in [6.45, 7) is 0.0661. The number of aliphatic hydroxyl groups excluding tert-OH is 1. The Morgan fingerprint density at radius 1 is 1.41 bits per heavy atom. The van der Waals surface area contributed by atoms with Crippen LogP contribution in [0.4, 0.5) is 0 Å². The molecule has 2 aromatic rings. The third-order valence-corrected chi connectivity index (χ3v) is 3.07. The summed E-state index contributed by atoms with van der Waals surface area (Å²) in [5, 5.41) is 13.2.